The highest BCUT2D eigenvalue weighted by atomic mass is 16.6. The van der Waals surface area contributed by atoms with Crippen molar-refractivity contribution < 1.29 is 14.3 Å². The number of hydrogen-bond donors (Lipinski definition) is 0. The van der Waals surface area contributed by atoms with Crippen LogP contribution in [0, 0.1) is 0 Å². The Morgan fingerprint density at radius 3 is 2.52 bits per heavy atom. The fraction of sp³-hybridized carbons (Fsp3) is 0.519. The summed E-state index contributed by atoms with van der Waals surface area (Å²) in [6.07, 6.45) is 11.0. The van der Waals surface area contributed by atoms with E-state index < -0.39 is 0 Å². The van der Waals surface area contributed by atoms with Crippen LogP contribution < -0.4 is 9.47 Å². The number of carbonyl (C=O) groups excluding carboxylic acids is 1. The van der Waals surface area contributed by atoms with E-state index in [1.54, 1.807) is 6.07 Å². The van der Waals surface area contributed by atoms with Gasteiger partial charge in [-0.1, -0.05) is 56.9 Å². The molecule has 1 atom stereocenters. The number of nitrogens with zero attached hydrogens (tertiary/aromatic N) is 1. The van der Waals surface area contributed by atoms with Gasteiger partial charge < -0.3 is 14.4 Å². The lowest BCUT2D eigenvalue weighted by molar-refractivity contribution is -0.134. The quantitative estimate of drug-likeness (QED) is 0.227. The van der Waals surface area contributed by atoms with Crippen LogP contribution in [0.25, 0.3) is 0 Å². The van der Waals surface area contributed by atoms with E-state index in [1.165, 1.54) is 37.8 Å². The van der Waals surface area contributed by atoms with Crippen LogP contribution >= 0.6 is 0 Å². The van der Waals surface area contributed by atoms with Gasteiger partial charge in [0, 0.05) is 12.5 Å². The summed E-state index contributed by atoms with van der Waals surface area (Å²) < 4.78 is 11.6. The Kier molecular flexibility index (Phi) is 9.41. The molecular formula is C27H37NO3. The van der Waals surface area contributed by atoms with Gasteiger partial charge in [-0.15, -0.1) is 0 Å². The number of esters is 1. The number of aryl methyl sites for hydroxylation is 1. The van der Waals surface area contributed by atoms with Crippen LogP contribution in [-0.4, -0.2) is 30.5 Å². The van der Waals surface area contributed by atoms with E-state index in [4.69, 9.17) is 9.47 Å². The summed E-state index contributed by atoms with van der Waals surface area (Å²) >= 11 is 0. The average molecular weight is 424 g/mol. The molecule has 0 bridgehead atoms. The number of hydrogen-bond acceptors (Lipinski definition) is 4. The summed E-state index contributed by atoms with van der Waals surface area (Å²) in [4.78, 5) is 14.7. The molecule has 1 aliphatic rings. The molecule has 3 rings (SSSR count). The van der Waals surface area contributed by atoms with Crippen molar-refractivity contribution in [2.75, 3.05) is 13.6 Å². The summed E-state index contributed by atoms with van der Waals surface area (Å²) in [7, 11) is 2.25. The molecule has 4 heteroatoms. The van der Waals surface area contributed by atoms with Gasteiger partial charge in [0.1, 0.15) is 5.75 Å². The minimum absolute atomic E-state index is 0.199. The summed E-state index contributed by atoms with van der Waals surface area (Å²) in [6.45, 7) is 3.38. The standard InChI is InChI=1S/C27H37NO3/c1-3-4-5-6-14-27(29)31-26-13-8-7-12-25(26)30-24-19-16-22(17-20-24)15-18-23-11-9-10-21-28(23)2/h7-8,12-13,16-17,19-20,23H,3-6,9-11,14-15,18,21H2,1-2H3. The molecule has 1 fully saturated rings. The molecular weight excluding hydrogens is 386 g/mol. The van der Waals surface area contributed by atoms with Crippen molar-refractivity contribution in [2.24, 2.45) is 0 Å². The molecule has 0 aliphatic carbocycles. The Labute approximate surface area is 187 Å². The lowest BCUT2D eigenvalue weighted by Gasteiger charge is -2.32. The van der Waals surface area contributed by atoms with Gasteiger partial charge in [0.25, 0.3) is 0 Å². The van der Waals surface area contributed by atoms with Crippen molar-refractivity contribution in [3.8, 4) is 17.2 Å². The SMILES string of the molecule is CCCCCCC(=O)Oc1ccccc1Oc1ccc(CCC2CCCCN2C)cc1. The maximum atomic E-state index is 12.2. The molecule has 0 saturated carbocycles. The Hall–Kier alpha value is -2.33. The molecule has 168 valence electrons. The number of para-hydroxylation sites is 2. The molecule has 1 heterocycles. The second-order valence-electron chi connectivity index (χ2n) is 8.65. The summed E-state index contributed by atoms with van der Waals surface area (Å²) in [6, 6.07) is 16.4. The van der Waals surface area contributed by atoms with Crippen LogP contribution in [0.1, 0.15) is 70.3 Å². The van der Waals surface area contributed by atoms with E-state index >= 15 is 0 Å². The first-order valence-corrected chi connectivity index (χ1v) is 11.9. The Balaban J connectivity index is 1.52. The van der Waals surface area contributed by atoms with Crippen LogP contribution in [0.2, 0.25) is 0 Å². The highest BCUT2D eigenvalue weighted by Gasteiger charge is 2.18. The molecule has 0 aromatic heterocycles. The van der Waals surface area contributed by atoms with Crippen molar-refractivity contribution in [3.05, 3.63) is 54.1 Å². The number of rotatable bonds is 11. The highest BCUT2D eigenvalue weighted by Crippen LogP contribution is 2.32. The molecule has 1 aliphatic heterocycles. The fourth-order valence-corrected chi connectivity index (χ4v) is 4.18. The van der Waals surface area contributed by atoms with Crippen molar-refractivity contribution >= 4 is 5.97 Å². The second kappa shape index (κ2) is 12.5. The van der Waals surface area contributed by atoms with E-state index in [0.29, 0.717) is 24.0 Å². The first kappa shape index (κ1) is 23.3. The van der Waals surface area contributed by atoms with Gasteiger partial charge in [-0.25, -0.2) is 0 Å². The molecule has 0 N–H and O–H groups in total. The van der Waals surface area contributed by atoms with E-state index in [-0.39, 0.29) is 5.97 Å². The average Bonchev–Trinajstić information content (AvgIpc) is 2.78. The summed E-state index contributed by atoms with van der Waals surface area (Å²) in [5, 5.41) is 0. The first-order valence-electron chi connectivity index (χ1n) is 11.9. The van der Waals surface area contributed by atoms with E-state index in [2.05, 4.69) is 31.0 Å². The third-order valence-electron chi connectivity index (χ3n) is 6.15. The number of benzene rings is 2. The van der Waals surface area contributed by atoms with E-state index in [0.717, 1.165) is 37.9 Å². The predicted octanol–water partition coefficient (Wildman–Crippen LogP) is 6.77. The number of carbonyl (C=O) groups is 1. The van der Waals surface area contributed by atoms with E-state index in [9.17, 15) is 4.79 Å². The maximum Gasteiger partial charge on any atom is 0.311 e. The molecule has 2 aromatic carbocycles. The van der Waals surface area contributed by atoms with Gasteiger partial charge in [0.2, 0.25) is 0 Å². The van der Waals surface area contributed by atoms with Crippen molar-refractivity contribution in [1.29, 1.82) is 0 Å². The molecule has 2 aromatic rings. The topological polar surface area (TPSA) is 38.8 Å². The minimum Gasteiger partial charge on any atom is -0.453 e. The third-order valence-corrected chi connectivity index (χ3v) is 6.15. The number of ether oxygens (including phenoxy) is 2. The van der Waals surface area contributed by atoms with Crippen LogP contribution in [0.4, 0.5) is 0 Å². The van der Waals surface area contributed by atoms with Crippen LogP contribution in [-0.2, 0) is 11.2 Å². The van der Waals surface area contributed by atoms with Gasteiger partial charge in [-0.05, 0) is 75.5 Å². The minimum atomic E-state index is -0.199. The van der Waals surface area contributed by atoms with Crippen LogP contribution in [0.5, 0.6) is 17.2 Å². The van der Waals surface area contributed by atoms with Gasteiger partial charge in [0.15, 0.2) is 11.5 Å². The number of piperidine rings is 1. The molecule has 1 saturated heterocycles. The van der Waals surface area contributed by atoms with Crippen molar-refractivity contribution in [2.45, 2.75) is 77.2 Å². The summed E-state index contributed by atoms with van der Waals surface area (Å²) in [5.74, 6) is 1.61. The lowest BCUT2D eigenvalue weighted by Crippen LogP contribution is -2.36. The third kappa shape index (κ3) is 7.70. The van der Waals surface area contributed by atoms with Crippen LogP contribution in [0.15, 0.2) is 48.5 Å². The molecule has 0 radical (unpaired) electrons. The first-order chi connectivity index (χ1) is 15.2. The number of likely N-dealkylation sites (tertiary alicyclic amines) is 1. The summed E-state index contributed by atoms with van der Waals surface area (Å²) in [5.41, 5.74) is 1.33. The lowest BCUT2D eigenvalue weighted by atomic mass is 9.96. The second-order valence-corrected chi connectivity index (χ2v) is 8.65. The monoisotopic (exact) mass is 423 g/mol. The smallest absolute Gasteiger partial charge is 0.311 e. The van der Waals surface area contributed by atoms with Gasteiger partial charge >= 0.3 is 5.97 Å². The van der Waals surface area contributed by atoms with Crippen molar-refractivity contribution in [1.82, 2.24) is 4.90 Å². The largest absolute Gasteiger partial charge is 0.453 e. The van der Waals surface area contributed by atoms with Gasteiger partial charge in [-0.2, -0.15) is 0 Å². The highest BCUT2D eigenvalue weighted by molar-refractivity contribution is 5.73. The van der Waals surface area contributed by atoms with Crippen LogP contribution in [0.3, 0.4) is 0 Å². The zero-order chi connectivity index (χ0) is 21.9. The fourth-order valence-electron chi connectivity index (χ4n) is 4.18. The zero-order valence-corrected chi connectivity index (χ0v) is 19.1. The maximum absolute atomic E-state index is 12.2. The molecule has 0 amide bonds. The Morgan fingerprint density at radius 1 is 1.00 bits per heavy atom. The Bertz CT molecular complexity index is 802. The molecule has 4 nitrogen and oxygen atoms in total. The molecule has 1 unspecified atom stereocenters. The van der Waals surface area contributed by atoms with E-state index in [1.807, 2.05) is 30.3 Å². The van der Waals surface area contributed by atoms with Crippen molar-refractivity contribution in [3.63, 3.8) is 0 Å². The predicted molar refractivity (Wildman–Crippen MR) is 126 cm³/mol. The Morgan fingerprint density at radius 2 is 1.77 bits per heavy atom. The molecule has 31 heavy (non-hydrogen) atoms. The zero-order valence-electron chi connectivity index (χ0n) is 19.1. The van der Waals surface area contributed by atoms with Gasteiger partial charge in [-0.3, -0.25) is 4.79 Å². The van der Waals surface area contributed by atoms with Gasteiger partial charge in [0.05, 0.1) is 0 Å². The normalized spacial score (nSPS) is 16.8. The number of unbranched alkanes of at least 4 members (excludes halogenated alkanes) is 3. The molecule has 0 spiro atoms.